The number of benzene rings is 1. The third-order valence-corrected chi connectivity index (χ3v) is 4.36. The van der Waals surface area contributed by atoms with E-state index in [9.17, 15) is 0 Å². The second-order valence-corrected chi connectivity index (χ2v) is 6.32. The Morgan fingerprint density at radius 1 is 1.25 bits per heavy atom. The van der Waals surface area contributed by atoms with Crippen molar-refractivity contribution in [3.8, 4) is 17.0 Å². The number of aromatic amines is 1. The first-order valence-corrected chi connectivity index (χ1v) is 8.55. The minimum Gasteiger partial charge on any atom is -0.491 e. The molecule has 0 unspecified atom stereocenters. The molecule has 126 valence electrons. The van der Waals surface area contributed by atoms with Crippen LogP contribution in [-0.2, 0) is 11.3 Å². The Morgan fingerprint density at radius 2 is 2.21 bits per heavy atom. The standard InChI is InChI=1S/C18H22N4O2/c1-13-12-24-15-5-6-17-16(9-15)18(21-20-17)14-10-19-22(11-14)7-3-2-4-8-23-13/h5-6,9-11,13H,2-4,7-8,12H2,1H3,(H,20,21)/t13-/m0/s1. The molecule has 3 heterocycles. The van der Waals surface area contributed by atoms with Crippen molar-refractivity contribution in [1.82, 2.24) is 20.0 Å². The summed E-state index contributed by atoms with van der Waals surface area (Å²) in [4.78, 5) is 0. The molecule has 2 aromatic heterocycles. The molecule has 0 saturated heterocycles. The SMILES string of the molecule is C[C@H]1COc2ccc3[nH]nc(c3c2)-c2cnn(c2)CCCCCO1. The Morgan fingerprint density at radius 3 is 3.17 bits per heavy atom. The lowest BCUT2D eigenvalue weighted by Crippen LogP contribution is -2.18. The van der Waals surface area contributed by atoms with Crippen LogP contribution in [0, 0.1) is 0 Å². The van der Waals surface area contributed by atoms with Crippen LogP contribution in [-0.4, -0.2) is 39.3 Å². The third kappa shape index (κ3) is 3.14. The predicted molar refractivity (Wildman–Crippen MR) is 92.1 cm³/mol. The summed E-state index contributed by atoms with van der Waals surface area (Å²) >= 11 is 0. The number of ether oxygens (including phenoxy) is 2. The average molecular weight is 326 g/mol. The van der Waals surface area contributed by atoms with E-state index < -0.39 is 0 Å². The van der Waals surface area contributed by atoms with Gasteiger partial charge in [-0.1, -0.05) is 0 Å². The molecule has 0 aliphatic carbocycles. The zero-order chi connectivity index (χ0) is 16.4. The molecule has 1 N–H and O–H groups in total. The Kier molecular flexibility index (Phi) is 4.21. The van der Waals surface area contributed by atoms with Crippen LogP contribution in [0.2, 0.25) is 0 Å². The van der Waals surface area contributed by atoms with Crippen molar-refractivity contribution in [3.05, 3.63) is 30.6 Å². The van der Waals surface area contributed by atoms with Gasteiger partial charge in [0.2, 0.25) is 0 Å². The summed E-state index contributed by atoms with van der Waals surface area (Å²) in [6.07, 6.45) is 7.33. The second kappa shape index (κ2) is 6.65. The van der Waals surface area contributed by atoms with Gasteiger partial charge in [-0.25, -0.2) is 0 Å². The molecule has 0 fully saturated rings. The highest BCUT2D eigenvalue weighted by molar-refractivity contribution is 5.93. The lowest BCUT2D eigenvalue weighted by molar-refractivity contribution is 0.0302. The van der Waals surface area contributed by atoms with Gasteiger partial charge < -0.3 is 9.47 Å². The van der Waals surface area contributed by atoms with E-state index in [1.807, 2.05) is 29.1 Å². The number of aryl methyl sites for hydroxylation is 1. The van der Waals surface area contributed by atoms with E-state index >= 15 is 0 Å². The minimum atomic E-state index is 0.0865. The van der Waals surface area contributed by atoms with Crippen LogP contribution in [0.25, 0.3) is 22.2 Å². The summed E-state index contributed by atoms with van der Waals surface area (Å²) in [5.41, 5.74) is 2.94. The number of fused-ring (bicyclic) bond motifs is 4. The van der Waals surface area contributed by atoms with Gasteiger partial charge in [0.05, 0.1) is 17.8 Å². The molecule has 6 heteroatoms. The number of H-pyrrole nitrogens is 1. The van der Waals surface area contributed by atoms with Crippen molar-refractivity contribution < 1.29 is 9.47 Å². The second-order valence-electron chi connectivity index (χ2n) is 6.32. The zero-order valence-corrected chi connectivity index (χ0v) is 13.9. The molecule has 0 spiro atoms. The zero-order valence-electron chi connectivity index (χ0n) is 13.9. The van der Waals surface area contributed by atoms with Crippen LogP contribution < -0.4 is 4.74 Å². The highest BCUT2D eigenvalue weighted by Gasteiger charge is 2.12. The van der Waals surface area contributed by atoms with Gasteiger partial charge >= 0.3 is 0 Å². The summed E-state index contributed by atoms with van der Waals surface area (Å²) in [5.74, 6) is 0.833. The third-order valence-electron chi connectivity index (χ3n) is 4.36. The fraction of sp³-hybridized carbons (Fsp3) is 0.444. The topological polar surface area (TPSA) is 65.0 Å². The Balaban J connectivity index is 1.69. The molecule has 1 aliphatic heterocycles. The van der Waals surface area contributed by atoms with Gasteiger partial charge in [0.25, 0.3) is 0 Å². The first-order valence-electron chi connectivity index (χ1n) is 8.55. The number of nitrogens with one attached hydrogen (secondary N) is 1. The van der Waals surface area contributed by atoms with Crippen molar-refractivity contribution in [2.24, 2.45) is 0 Å². The van der Waals surface area contributed by atoms with Crippen LogP contribution in [0.4, 0.5) is 0 Å². The summed E-state index contributed by atoms with van der Waals surface area (Å²) in [6.45, 7) is 4.30. The average Bonchev–Trinajstić information content (AvgIpc) is 3.21. The van der Waals surface area contributed by atoms with Crippen LogP contribution in [0.15, 0.2) is 30.6 Å². The lowest BCUT2D eigenvalue weighted by atomic mass is 10.1. The fourth-order valence-corrected chi connectivity index (χ4v) is 3.01. The number of hydrogen-bond acceptors (Lipinski definition) is 4. The highest BCUT2D eigenvalue weighted by atomic mass is 16.5. The van der Waals surface area contributed by atoms with Crippen molar-refractivity contribution in [2.45, 2.75) is 38.8 Å². The maximum Gasteiger partial charge on any atom is 0.120 e. The minimum absolute atomic E-state index is 0.0865. The van der Waals surface area contributed by atoms with E-state index in [0.717, 1.165) is 60.3 Å². The van der Waals surface area contributed by atoms with E-state index in [2.05, 4.69) is 28.4 Å². The van der Waals surface area contributed by atoms with Crippen LogP contribution in [0.3, 0.4) is 0 Å². The van der Waals surface area contributed by atoms with Crippen LogP contribution in [0.5, 0.6) is 5.75 Å². The first-order chi connectivity index (χ1) is 11.8. The van der Waals surface area contributed by atoms with E-state index in [4.69, 9.17) is 9.47 Å². The van der Waals surface area contributed by atoms with E-state index in [0.29, 0.717) is 6.61 Å². The maximum atomic E-state index is 5.90. The summed E-state index contributed by atoms with van der Waals surface area (Å²) in [5, 5.41) is 13.1. The Labute approximate surface area is 140 Å². The number of aromatic nitrogens is 4. The number of nitrogens with zero attached hydrogens (tertiary/aromatic N) is 3. The monoisotopic (exact) mass is 326 g/mol. The van der Waals surface area contributed by atoms with Crippen molar-refractivity contribution in [3.63, 3.8) is 0 Å². The van der Waals surface area contributed by atoms with Gasteiger partial charge in [0.1, 0.15) is 18.1 Å². The van der Waals surface area contributed by atoms with Gasteiger partial charge in [-0.2, -0.15) is 10.2 Å². The molecule has 6 nitrogen and oxygen atoms in total. The molecular formula is C18H22N4O2. The molecule has 4 bridgehead atoms. The molecular weight excluding hydrogens is 304 g/mol. The smallest absolute Gasteiger partial charge is 0.120 e. The van der Waals surface area contributed by atoms with Crippen LogP contribution in [0.1, 0.15) is 26.2 Å². The quantitative estimate of drug-likeness (QED) is 0.688. The highest BCUT2D eigenvalue weighted by Crippen LogP contribution is 2.29. The van der Waals surface area contributed by atoms with E-state index in [-0.39, 0.29) is 6.10 Å². The van der Waals surface area contributed by atoms with Crippen LogP contribution >= 0.6 is 0 Å². The van der Waals surface area contributed by atoms with Gasteiger partial charge in [-0.05, 0) is 44.4 Å². The molecule has 1 aromatic carbocycles. The van der Waals surface area contributed by atoms with Gasteiger partial charge in [-0.15, -0.1) is 0 Å². The normalized spacial score (nSPS) is 19.5. The van der Waals surface area contributed by atoms with Crippen molar-refractivity contribution >= 4 is 10.9 Å². The number of hydrogen-bond donors (Lipinski definition) is 1. The van der Waals surface area contributed by atoms with Gasteiger partial charge in [0, 0.05) is 30.3 Å². The molecule has 4 rings (SSSR count). The van der Waals surface area contributed by atoms with Gasteiger partial charge in [0.15, 0.2) is 0 Å². The summed E-state index contributed by atoms with van der Waals surface area (Å²) in [7, 11) is 0. The molecule has 3 aromatic rings. The summed E-state index contributed by atoms with van der Waals surface area (Å²) in [6, 6.07) is 5.99. The Bertz CT molecular complexity index is 823. The van der Waals surface area contributed by atoms with E-state index in [1.165, 1.54) is 0 Å². The first kappa shape index (κ1) is 15.2. The van der Waals surface area contributed by atoms with E-state index in [1.54, 1.807) is 0 Å². The lowest BCUT2D eigenvalue weighted by Gasteiger charge is -2.14. The molecule has 1 aliphatic rings. The molecule has 1 atom stereocenters. The fourth-order valence-electron chi connectivity index (χ4n) is 3.01. The molecule has 0 saturated carbocycles. The maximum absolute atomic E-state index is 5.90. The largest absolute Gasteiger partial charge is 0.491 e. The predicted octanol–water partition coefficient (Wildman–Crippen LogP) is 3.39. The van der Waals surface area contributed by atoms with Crippen molar-refractivity contribution in [1.29, 1.82) is 0 Å². The molecule has 0 amide bonds. The Hall–Kier alpha value is -2.34. The van der Waals surface area contributed by atoms with Gasteiger partial charge in [-0.3, -0.25) is 9.78 Å². The molecule has 0 radical (unpaired) electrons. The molecule has 24 heavy (non-hydrogen) atoms. The van der Waals surface area contributed by atoms with Crippen molar-refractivity contribution in [2.75, 3.05) is 13.2 Å². The number of rotatable bonds is 0. The summed E-state index contributed by atoms with van der Waals surface area (Å²) < 4.78 is 13.7.